The lowest BCUT2D eigenvalue weighted by molar-refractivity contribution is 0.294. The summed E-state index contributed by atoms with van der Waals surface area (Å²) in [7, 11) is 0. The highest BCUT2D eigenvalue weighted by atomic mass is 19.1. The van der Waals surface area contributed by atoms with E-state index >= 15 is 0 Å². The fourth-order valence-corrected chi connectivity index (χ4v) is 2.23. The fourth-order valence-electron chi connectivity index (χ4n) is 2.23. The van der Waals surface area contributed by atoms with Crippen molar-refractivity contribution >= 4 is 5.82 Å². The predicted molar refractivity (Wildman–Crippen MR) is 86.7 cm³/mol. The number of aromatic amines is 1. The number of unbranched alkanes of at least 4 members (excludes halogenated alkanes) is 1. The van der Waals surface area contributed by atoms with Crippen LogP contribution in [0.2, 0.25) is 0 Å². The first-order valence-corrected chi connectivity index (χ1v) is 7.32. The summed E-state index contributed by atoms with van der Waals surface area (Å²) in [6.45, 7) is 2.32. The number of anilines is 1. The summed E-state index contributed by atoms with van der Waals surface area (Å²) in [5.41, 5.74) is 5.04. The number of nitrogens with one attached hydrogen (secondary N) is 1. The molecule has 1 aromatic carbocycles. The Hall–Kier alpha value is -3.32. The maximum atomic E-state index is 13.9. The molecule has 1 aromatic heterocycles. The van der Waals surface area contributed by atoms with Crippen molar-refractivity contribution < 1.29 is 9.13 Å². The van der Waals surface area contributed by atoms with E-state index in [9.17, 15) is 19.7 Å². The largest absolute Gasteiger partial charge is 0.490 e. The van der Waals surface area contributed by atoms with E-state index in [-0.39, 0.29) is 28.3 Å². The SMILES string of the molecule is CCCCOc1cc(-c2c(C#N)c(N)[nH]c(=O)c2C#N)ccc1F. The highest BCUT2D eigenvalue weighted by Crippen LogP contribution is 2.31. The summed E-state index contributed by atoms with van der Waals surface area (Å²) in [4.78, 5) is 14.2. The lowest BCUT2D eigenvalue weighted by Crippen LogP contribution is -2.16. The number of nitriles is 2. The van der Waals surface area contributed by atoms with E-state index in [1.54, 1.807) is 6.07 Å². The third kappa shape index (κ3) is 3.21. The maximum Gasteiger partial charge on any atom is 0.268 e. The van der Waals surface area contributed by atoms with Gasteiger partial charge in [0.2, 0.25) is 0 Å². The molecule has 24 heavy (non-hydrogen) atoms. The summed E-state index contributed by atoms with van der Waals surface area (Å²) in [6.07, 6.45) is 1.65. The molecule has 0 fully saturated rings. The van der Waals surface area contributed by atoms with Crippen molar-refractivity contribution in [3.63, 3.8) is 0 Å². The van der Waals surface area contributed by atoms with Crippen LogP contribution in [-0.2, 0) is 0 Å². The van der Waals surface area contributed by atoms with Crippen molar-refractivity contribution in [1.29, 1.82) is 10.5 Å². The Morgan fingerprint density at radius 1 is 1.29 bits per heavy atom. The molecule has 0 spiro atoms. The Bertz CT molecular complexity index is 907. The molecule has 0 radical (unpaired) electrons. The minimum atomic E-state index is -0.707. The van der Waals surface area contributed by atoms with Crippen molar-refractivity contribution in [2.24, 2.45) is 0 Å². The number of H-pyrrole nitrogens is 1. The molecule has 2 rings (SSSR count). The Kier molecular flexibility index (Phi) is 5.18. The number of nitrogen functional groups attached to an aromatic ring is 1. The number of benzene rings is 1. The van der Waals surface area contributed by atoms with Crippen molar-refractivity contribution in [2.75, 3.05) is 12.3 Å². The molecular weight excluding hydrogens is 311 g/mol. The van der Waals surface area contributed by atoms with Gasteiger partial charge in [-0.2, -0.15) is 10.5 Å². The molecule has 0 unspecified atom stereocenters. The Morgan fingerprint density at radius 3 is 2.62 bits per heavy atom. The van der Waals surface area contributed by atoms with Crippen LogP contribution in [0, 0.1) is 28.5 Å². The first kappa shape index (κ1) is 17.0. The third-order valence-corrected chi connectivity index (χ3v) is 3.44. The first-order chi connectivity index (χ1) is 11.5. The average Bonchev–Trinajstić information content (AvgIpc) is 2.56. The Balaban J connectivity index is 2.65. The van der Waals surface area contributed by atoms with Crippen molar-refractivity contribution in [1.82, 2.24) is 4.98 Å². The summed E-state index contributed by atoms with van der Waals surface area (Å²) >= 11 is 0. The van der Waals surface area contributed by atoms with Gasteiger partial charge in [0.1, 0.15) is 29.1 Å². The molecule has 0 saturated heterocycles. The van der Waals surface area contributed by atoms with Gasteiger partial charge < -0.3 is 15.5 Å². The van der Waals surface area contributed by atoms with Crippen LogP contribution in [0.25, 0.3) is 11.1 Å². The van der Waals surface area contributed by atoms with Gasteiger partial charge in [0, 0.05) is 5.56 Å². The molecule has 0 bridgehead atoms. The quantitative estimate of drug-likeness (QED) is 0.819. The molecule has 0 aliphatic carbocycles. The van der Waals surface area contributed by atoms with Crippen LogP contribution in [0.4, 0.5) is 10.2 Å². The van der Waals surface area contributed by atoms with E-state index in [0.717, 1.165) is 18.9 Å². The van der Waals surface area contributed by atoms with Crippen LogP contribution in [0.1, 0.15) is 30.9 Å². The number of ether oxygens (including phenoxy) is 1. The summed E-state index contributed by atoms with van der Waals surface area (Å²) in [5.74, 6) is -0.716. The van der Waals surface area contributed by atoms with Crippen LogP contribution in [0.3, 0.4) is 0 Å². The molecule has 0 saturated carbocycles. The van der Waals surface area contributed by atoms with Crippen LogP contribution >= 0.6 is 0 Å². The smallest absolute Gasteiger partial charge is 0.268 e. The van der Waals surface area contributed by atoms with Crippen molar-refractivity contribution in [2.45, 2.75) is 19.8 Å². The van der Waals surface area contributed by atoms with Gasteiger partial charge in [-0.25, -0.2) is 4.39 Å². The first-order valence-electron chi connectivity index (χ1n) is 7.32. The van der Waals surface area contributed by atoms with Crippen molar-refractivity contribution in [3.8, 4) is 29.0 Å². The van der Waals surface area contributed by atoms with E-state index in [1.165, 1.54) is 12.1 Å². The third-order valence-electron chi connectivity index (χ3n) is 3.44. The number of halogens is 1. The van der Waals surface area contributed by atoms with Crippen LogP contribution in [0.5, 0.6) is 5.75 Å². The zero-order valence-electron chi connectivity index (χ0n) is 13.0. The van der Waals surface area contributed by atoms with E-state index < -0.39 is 11.4 Å². The predicted octanol–water partition coefficient (Wildman–Crippen LogP) is 2.69. The van der Waals surface area contributed by atoms with Crippen LogP contribution < -0.4 is 16.0 Å². The highest BCUT2D eigenvalue weighted by Gasteiger charge is 2.19. The standard InChI is InChI=1S/C17H15FN4O2/c1-2-3-6-24-14-7-10(4-5-13(14)18)15-11(8-19)16(21)22-17(23)12(15)9-20/h4-5,7H,2-3,6H2,1H3,(H3,21,22,23). The molecule has 7 heteroatoms. The second-order valence-corrected chi connectivity index (χ2v) is 5.06. The molecule has 6 nitrogen and oxygen atoms in total. The lowest BCUT2D eigenvalue weighted by atomic mass is 9.96. The number of pyridine rings is 1. The van der Waals surface area contributed by atoms with Crippen LogP contribution in [0.15, 0.2) is 23.0 Å². The molecule has 3 N–H and O–H groups in total. The zero-order valence-corrected chi connectivity index (χ0v) is 13.0. The number of aromatic nitrogens is 1. The average molecular weight is 326 g/mol. The maximum absolute atomic E-state index is 13.9. The number of hydrogen-bond donors (Lipinski definition) is 2. The van der Waals surface area contributed by atoms with Gasteiger partial charge in [0.15, 0.2) is 11.6 Å². The van der Waals surface area contributed by atoms with E-state index in [2.05, 4.69) is 4.98 Å². The van der Waals surface area contributed by atoms with Crippen LogP contribution in [-0.4, -0.2) is 11.6 Å². The summed E-state index contributed by atoms with van der Waals surface area (Å²) in [6, 6.07) is 7.53. The number of nitrogens with zero attached hydrogens (tertiary/aromatic N) is 2. The van der Waals surface area contributed by atoms with Crippen molar-refractivity contribution in [3.05, 3.63) is 45.5 Å². The second kappa shape index (κ2) is 7.30. The minimum Gasteiger partial charge on any atom is -0.490 e. The Labute approximate surface area is 137 Å². The van der Waals surface area contributed by atoms with E-state index in [1.807, 2.05) is 13.0 Å². The number of nitrogens with two attached hydrogens (primary N) is 1. The Morgan fingerprint density at radius 2 is 2.00 bits per heavy atom. The van der Waals surface area contributed by atoms with Gasteiger partial charge in [-0.1, -0.05) is 19.4 Å². The number of hydrogen-bond acceptors (Lipinski definition) is 5. The highest BCUT2D eigenvalue weighted by molar-refractivity contribution is 5.80. The monoisotopic (exact) mass is 326 g/mol. The van der Waals surface area contributed by atoms with E-state index in [4.69, 9.17) is 10.5 Å². The molecular formula is C17H15FN4O2. The second-order valence-electron chi connectivity index (χ2n) is 5.06. The molecule has 0 amide bonds. The van der Waals surface area contributed by atoms with Gasteiger partial charge in [0.05, 0.1) is 6.61 Å². The van der Waals surface area contributed by atoms with Gasteiger partial charge in [-0.15, -0.1) is 0 Å². The molecule has 122 valence electrons. The minimum absolute atomic E-state index is 0.00687. The lowest BCUT2D eigenvalue weighted by Gasteiger charge is -2.12. The van der Waals surface area contributed by atoms with Gasteiger partial charge in [-0.05, 0) is 24.1 Å². The molecule has 2 aromatic rings. The summed E-state index contributed by atoms with van der Waals surface area (Å²) in [5, 5.41) is 18.5. The molecule has 0 atom stereocenters. The topological polar surface area (TPSA) is 116 Å². The van der Waals surface area contributed by atoms with Gasteiger partial charge in [-0.3, -0.25) is 4.79 Å². The molecule has 0 aliphatic rings. The molecule has 1 heterocycles. The van der Waals surface area contributed by atoms with Gasteiger partial charge >= 0.3 is 0 Å². The summed E-state index contributed by atoms with van der Waals surface area (Å²) < 4.78 is 19.3. The molecule has 0 aliphatic heterocycles. The van der Waals surface area contributed by atoms with E-state index in [0.29, 0.717) is 12.2 Å². The fraction of sp³-hybridized carbons (Fsp3) is 0.235. The van der Waals surface area contributed by atoms with Gasteiger partial charge in [0.25, 0.3) is 5.56 Å². The normalized spacial score (nSPS) is 10.0. The number of rotatable bonds is 5. The zero-order chi connectivity index (χ0) is 17.7.